The molecule has 2 heterocycles. The van der Waals surface area contributed by atoms with Crippen molar-refractivity contribution in [2.24, 2.45) is 5.73 Å². The van der Waals surface area contributed by atoms with E-state index in [0.29, 0.717) is 39.7 Å². The van der Waals surface area contributed by atoms with Gasteiger partial charge in [0.1, 0.15) is 17.4 Å². The third-order valence-electron chi connectivity index (χ3n) is 5.90. The fourth-order valence-electron chi connectivity index (χ4n) is 4.37. The summed E-state index contributed by atoms with van der Waals surface area (Å²) < 4.78 is 48.4. The van der Waals surface area contributed by atoms with Crippen LogP contribution < -0.4 is 19.9 Å². The number of nitriles is 1. The Labute approximate surface area is 192 Å². The van der Waals surface area contributed by atoms with Crippen molar-refractivity contribution in [1.29, 1.82) is 5.26 Å². The van der Waals surface area contributed by atoms with Gasteiger partial charge in [0.2, 0.25) is 11.6 Å². The molecular weight excluding hydrogens is 444 g/mol. The Balaban J connectivity index is 2.02. The number of sulfone groups is 1. The van der Waals surface area contributed by atoms with Crippen molar-refractivity contribution in [3.8, 4) is 23.3 Å². The number of aryl methyl sites for hydroxylation is 1. The zero-order valence-corrected chi connectivity index (χ0v) is 19.6. The molecule has 4 rings (SSSR count). The molecule has 1 atom stereocenters. The van der Waals surface area contributed by atoms with E-state index in [1.165, 1.54) is 21.3 Å². The summed E-state index contributed by atoms with van der Waals surface area (Å²) >= 11 is 0. The number of methoxy groups -OCH3 is 3. The van der Waals surface area contributed by atoms with Crippen LogP contribution in [-0.2, 0) is 14.6 Å². The SMILES string of the molecule is COc1cc([C@H]2C(C#N)=C(N)OC3=C2CCS(=O)(=O)c2ccc(C)cc23)cc(OC)c1OC. The van der Waals surface area contributed by atoms with Crippen molar-refractivity contribution < 1.29 is 27.4 Å². The van der Waals surface area contributed by atoms with E-state index in [4.69, 9.17) is 24.7 Å². The molecule has 0 unspecified atom stereocenters. The van der Waals surface area contributed by atoms with Crippen molar-refractivity contribution >= 4 is 15.6 Å². The first kappa shape index (κ1) is 22.6. The second-order valence-electron chi connectivity index (χ2n) is 7.81. The predicted molar refractivity (Wildman–Crippen MR) is 122 cm³/mol. The topological polar surface area (TPSA) is 121 Å². The normalized spacial score (nSPS) is 18.9. The number of rotatable bonds is 4. The van der Waals surface area contributed by atoms with Crippen LogP contribution in [0.5, 0.6) is 17.2 Å². The lowest BCUT2D eigenvalue weighted by Gasteiger charge is -2.29. The Morgan fingerprint density at radius 1 is 1.09 bits per heavy atom. The first-order valence-corrected chi connectivity index (χ1v) is 11.8. The second-order valence-corrected chi connectivity index (χ2v) is 9.88. The fraction of sp³-hybridized carbons (Fsp3) is 0.292. The first-order valence-electron chi connectivity index (χ1n) is 10.2. The standard InChI is InChI=1S/C24H24N2O6S/c1-13-5-6-20-16(9-13)22-15(7-8-33(20,27)28)21(17(12-25)24(26)32-22)14-10-18(29-2)23(31-4)19(11-14)30-3/h5-6,9-11,21H,7-8,26H2,1-4H3/t21-/m1/s1. The Morgan fingerprint density at radius 3 is 2.33 bits per heavy atom. The van der Waals surface area contributed by atoms with Crippen LogP contribution in [0.2, 0.25) is 0 Å². The smallest absolute Gasteiger partial charge is 0.205 e. The third-order valence-corrected chi connectivity index (χ3v) is 7.67. The summed E-state index contributed by atoms with van der Waals surface area (Å²) in [5, 5.41) is 9.95. The first-order chi connectivity index (χ1) is 15.7. The van der Waals surface area contributed by atoms with Crippen LogP contribution in [0.4, 0.5) is 0 Å². The number of fused-ring (bicyclic) bond motifs is 2. The highest BCUT2D eigenvalue weighted by atomic mass is 32.2. The van der Waals surface area contributed by atoms with Crippen LogP contribution in [0.3, 0.4) is 0 Å². The van der Waals surface area contributed by atoms with Crippen LogP contribution in [0.25, 0.3) is 5.76 Å². The monoisotopic (exact) mass is 468 g/mol. The summed E-state index contributed by atoms with van der Waals surface area (Å²) in [7, 11) is 0.937. The van der Waals surface area contributed by atoms with E-state index in [1.54, 1.807) is 30.3 Å². The van der Waals surface area contributed by atoms with E-state index in [9.17, 15) is 13.7 Å². The molecule has 33 heavy (non-hydrogen) atoms. The number of hydrogen-bond acceptors (Lipinski definition) is 8. The minimum atomic E-state index is -3.57. The summed E-state index contributed by atoms with van der Waals surface area (Å²) in [5.41, 5.74) is 9.01. The van der Waals surface area contributed by atoms with Gasteiger partial charge < -0.3 is 24.7 Å². The van der Waals surface area contributed by atoms with Crippen molar-refractivity contribution in [2.75, 3.05) is 27.1 Å². The zero-order chi connectivity index (χ0) is 23.9. The van der Waals surface area contributed by atoms with Gasteiger partial charge in [0, 0.05) is 11.5 Å². The molecule has 0 saturated heterocycles. The summed E-state index contributed by atoms with van der Waals surface area (Å²) in [5.74, 6) is 0.763. The molecule has 2 aliphatic rings. The largest absolute Gasteiger partial charge is 0.493 e. The van der Waals surface area contributed by atoms with Gasteiger partial charge in [0.25, 0.3) is 0 Å². The van der Waals surface area contributed by atoms with Gasteiger partial charge in [-0.15, -0.1) is 0 Å². The summed E-state index contributed by atoms with van der Waals surface area (Å²) in [6.45, 7) is 1.87. The van der Waals surface area contributed by atoms with E-state index in [-0.39, 0.29) is 28.5 Å². The molecule has 0 bridgehead atoms. The molecule has 0 spiro atoms. The molecule has 172 valence electrons. The van der Waals surface area contributed by atoms with Crippen LogP contribution in [-0.4, -0.2) is 35.5 Å². The minimum absolute atomic E-state index is 0.0678. The highest BCUT2D eigenvalue weighted by molar-refractivity contribution is 7.91. The lowest BCUT2D eigenvalue weighted by atomic mass is 9.80. The maximum atomic E-state index is 13.1. The van der Waals surface area contributed by atoms with Crippen LogP contribution in [0.15, 0.2) is 52.3 Å². The molecule has 9 heteroatoms. The second kappa shape index (κ2) is 8.37. The van der Waals surface area contributed by atoms with Gasteiger partial charge in [0.15, 0.2) is 21.3 Å². The number of ether oxygens (including phenoxy) is 4. The molecule has 0 fully saturated rings. The van der Waals surface area contributed by atoms with E-state index >= 15 is 0 Å². The maximum absolute atomic E-state index is 13.1. The minimum Gasteiger partial charge on any atom is -0.493 e. The Morgan fingerprint density at radius 2 is 1.76 bits per heavy atom. The van der Waals surface area contributed by atoms with E-state index < -0.39 is 15.8 Å². The Bertz CT molecular complexity index is 1330. The molecule has 2 aromatic carbocycles. The van der Waals surface area contributed by atoms with Crippen LogP contribution in [0.1, 0.15) is 29.0 Å². The maximum Gasteiger partial charge on any atom is 0.205 e. The van der Waals surface area contributed by atoms with Gasteiger partial charge in [-0.1, -0.05) is 11.6 Å². The van der Waals surface area contributed by atoms with Crippen molar-refractivity contribution in [2.45, 2.75) is 24.2 Å². The lowest BCUT2D eigenvalue weighted by Crippen LogP contribution is -2.21. The van der Waals surface area contributed by atoms with E-state index in [1.807, 2.05) is 6.92 Å². The molecule has 0 aliphatic carbocycles. The van der Waals surface area contributed by atoms with Crippen molar-refractivity contribution in [1.82, 2.24) is 0 Å². The molecule has 2 N–H and O–H groups in total. The van der Waals surface area contributed by atoms with Gasteiger partial charge >= 0.3 is 0 Å². The third kappa shape index (κ3) is 3.66. The average Bonchev–Trinajstić information content (AvgIpc) is 2.91. The van der Waals surface area contributed by atoms with E-state index in [0.717, 1.165) is 5.56 Å². The zero-order valence-electron chi connectivity index (χ0n) is 18.8. The predicted octanol–water partition coefficient (Wildman–Crippen LogP) is 3.42. The van der Waals surface area contributed by atoms with Crippen molar-refractivity contribution in [3.63, 3.8) is 0 Å². The van der Waals surface area contributed by atoms with Gasteiger partial charge in [0.05, 0.1) is 32.0 Å². The number of benzene rings is 2. The Hall–Kier alpha value is -3.64. The number of nitrogens with zero attached hydrogens (tertiary/aromatic N) is 1. The molecule has 2 aliphatic heterocycles. The lowest BCUT2D eigenvalue weighted by molar-refractivity contribution is 0.323. The van der Waals surface area contributed by atoms with Gasteiger partial charge in [-0.05, 0) is 48.7 Å². The highest BCUT2D eigenvalue weighted by Crippen LogP contribution is 2.49. The van der Waals surface area contributed by atoms with Crippen molar-refractivity contribution in [3.05, 3.63) is 64.1 Å². The quantitative estimate of drug-likeness (QED) is 0.725. The molecule has 0 saturated carbocycles. The average molecular weight is 469 g/mol. The van der Waals surface area contributed by atoms with Gasteiger partial charge in [-0.2, -0.15) is 5.26 Å². The summed E-state index contributed by atoms with van der Waals surface area (Å²) in [6, 6.07) is 10.7. The molecule has 8 nitrogen and oxygen atoms in total. The molecule has 0 radical (unpaired) electrons. The van der Waals surface area contributed by atoms with Gasteiger partial charge in [-0.25, -0.2) is 8.42 Å². The van der Waals surface area contributed by atoms with Gasteiger partial charge in [-0.3, -0.25) is 0 Å². The van der Waals surface area contributed by atoms with Crippen LogP contribution in [0, 0.1) is 18.3 Å². The summed E-state index contributed by atoms with van der Waals surface area (Å²) in [6.07, 6.45) is 0.172. The van der Waals surface area contributed by atoms with Crippen LogP contribution >= 0.6 is 0 Å². The summed E-state index contributed by atoms with van der Waals surface area (Å²) in [4.78, 5) is 0.190. The number of allylic oxidation sites excluding steroid dienone is 2. The molecule has 0 amide bonds. The molecule has 2 aromatic rings. The molecule has 0 aromatic heterocycles. The number of hydrogen-bond donors (Lipinski definition) is 1. The Kier molecular flexibility index (Phi) is 5.72. The molecular formula is C24H24N2O6S. The number of nitrogens with two attached hydrogens (primary N) is 1. The fourth-order valence-corrected chi connectivity index (χ4v) is 5.84. The van der Waals surface area contributed by atoms with E-state index in [2.05, 4.69) is 6.07 Å². The highest BCUT2D eigenvalue weighted by Gasteiger charge is 2.38.